The average Bonchev–Trinajstić information content (AvgIpc) is 2.19. The number of methoxy groups -OCH3 is 1. The van der Waals surface area contributed by atoms with E-state index in [-0.39, 0.29) is 6.03 Å². The Morgan fingerprint density at radius 1 is 1.77 bits per heavy atom. The van der Waals surface area contributed by atoms with Crippen molar-refractivity contribution in [1.29, 1.82) is 0 Å². The molecule has 5 nitrogen and oxygen atoms in total. The van der Waals surface area contributed by atoms with Gasteiger partial charge in [-0.15, -0.1) is 0 Å². The maximum absolute atomic E-state index is 11.3. The van der Waals surface area contributed by atoms with Crippen LogP contribution in [0, 0.1) is 0 Å². The highest BCUT2D eigenvalue weighted by atomic mass is 16.5. The molecule has 1 aliphatic heterocycles. The van der Waals surface area contributed by atoms with Crippen molar-refractivity contribution in [2.75, 3.05) is 26.8 Å². The van der Waals surface area contributed by atoms with Crippen LogP contribution in [0.1, 0.15) is 0 Å². The van der Waals surface area contributed by atoms with Gasteiger partial charge in [-0.05, 0) is 6.08 Å². The van der Waals surface area contributed by atoms with Crippen LogP contribution in [-0.2, 0) is 4.74 Å². The fourth-order valence-electron chi connectivity index (χ4n) is 0.885. The second-order valence-electron chi connectivity index (χ2n) is 2.53. The molecule has 2 amide bonds. The average molecular weight is 183 g/mol. The molecule has 0 bridgehead atoms. The fourth-order valence-corrected chi connectivity index (χ4v) is 0.885. The zero-order valence-corrected chi connectivity index (χ0v) is 7.56. The van der Waals surface area contributed by atoms with Gasteiger partial charge >= 0.3 is 6.03 Å². The minimum atomic E-state index is -0.148. The number of nitrogens with one attached hydrogen (secondary N) is 1. The summed E-state index contributed by atoms with van der Waals surface area (Å²) in [6, 6.07) is -0.148. The van der Waals surface area contributed by atoms with Crippen molar-refractivity contribution in [1.82, 2.24) is 10.2 Å². The van der Waals surface area contributed by atoms with E-state index in [1.165, 1.54) is 11.2 Å². The topological polar surface area (TPSA) is 53.9 Å². The third kappa shape index (κ3) is 3.25. The molecule has 5 heteroatoms. The number of carbonyl (C=O) groups excluding carboxylic acids is 1. The molecule has 1 rings (SSSR count). The largest absolute Gasteiger partial charge is 0.383 e. The molecule has 1 heterocycles. The van der Waals surface area contributed by atoms with Crippen molar-refractivity contribution in [3.8, 4) is 0 Å². The van der Waals surface area contributed by atoms with Crippen LogP contribution >= 0.6 is 0 Å². The Labute approximate surface area is 77.1 Å². The van der Waals surface area contributed by atoms with Gasteiger partial charge in [-0.3, -0.25) is 4.90 Å². The van der Waals surface area contributed by atoms with Crippen molar-refractivity contribution in [2.24, 2.45) is 4.99 Å². The lowest BCUT2D eigenvalue weighted by Crippen LogP contribution is -2.41. The zero-order chi connectivity index (χ0) is 9.52. The molecule has 0 aliphatic carbocycles. The highest BCUT2D eigenvalue weighted by Crippen LogP contribution is 1.92. The summed E-state index contributed by atoms with van der Waals surface area (Å²) in [5.74, 6) is 0. The van der Waals surface area contributed by atoms with Crippen molar-refractivity contribution in [3.05, 3.63) is 12.3 Å². The number of urea groups is 1. The van der Waals surface area contributed by atoms with Gasteiger partial charge in [0.05, 0.1) is 12.9 Å². The van der Waals surface area contributed by atoms with E-state index >= 15 is 0 Å². The monoisotopic (exact) mass is 183 g/mol. The van der Waals surface area contributed by atoms with Crippen LogP contribution in [0.5, 0.6) is 0 Å². The van der Waals surface area contributed by atoms with Crippen molar-refractivity contribution >= 4 is 12.4 Å². The molecule has 0 saturated heterocycles. The third-order valence-electron chi connectivity index (χ3n) is 1.54. The molecule has 1 N–H and O–H groups in total. The van der Waals surface area contributed by atoms with E-state index in [9.17, 15) is 4.79 Å². The second kappa shape index (κ2) is 5.31. The van der Waals surface area contributed by atoms with E-state index in [1.54, 1.807) is 13.3 Å². The minimum absolute atomic E-state index is 0.148. The molecule has 0 aromatic carbocycles. The van der Waals surface area contributed by atoms with Crippen LogP contribution in [0.2, 0.25) is 0 Å². The Hall–Kier alpha value is -1.36. The predicted molar refractivity (Wildman–Crippen MR) is 49.6 cm³/mol. The normalized spacial score (nSPS) is 14.7. The Kier molecular flexibility index (Phi) is 3.98. The minimum Gasteiger partial charge on any atom is -0.383 e. The quantitative estimate of drug-likeness (QED) is 0.635. The molecule has 1 aliphatic rings. The number of carbonyl (C=O) groups is 1. The summed E-state index contributed by atoms with van der Waals surface area (Å²) < 4.78 is 4.80. The smallest absolute Gasteiger partial charge is 0.322 e. The number of aliphatic imine (C=N–C) groups is 1. The van der Waals surface area contributed by atoms with E-state index in [0.29, 0.717) is 19.7 Å². The summed E-state index contributed by atoms with van der Waals surface area (Å²) in [5.41, 5.74) is 0. The molecule has 13 heavy (non-hydrogen) atoms. The first-order valence-electron chi connectivity index (χ1n) is 4.06. The van der Waals surface area contributed by atoms with Gasteiger partial charge in [0, 0.05) is 26.4 Å². The van der Waals surface area contributed by atoms with E-state index in [2.05, 4.69) is 10.3 Å². The number of amides is 2. The van der Waals surface area contributed by atoms with Crippen LogP contribution in [0.25, 0.3) is 0 Å². The molecular formula is C8H13N3O2. The van der Waals surface area contributed by atoms with Crippen LogP contribution in [0.4, 0.5) is 4.79 Å². The Bertz CT molecular complexity index is 225. The van der Waals surface area contributed by atoms with E-state index in [4.69, 9.17) is 4.74 Å². The maximum Gasteiger partial charge on any atom is 0.322 e. The van der Waals surface area contributed by atoms with Gasteiger partial charge in [0.2, 0.25) is 0 Å². The SMILES string of the molecule is COCCNC(=O)N1C=NC=CC1. The standard InChI is InChI=1S/C8H13N3O2/c1-13-6-4-10-8(12)11-5-2-3-9-7-11/h2-3,7H,4-6H2,1H3,(H,10,12). The molecule has 0 radical (unpaired) electrons. The van der Waals surface area contributed by atoms with E-state index in [0.717, 1.165) is 0 Å². The molecule has 0 unspecified atom stereocenters. The van der Waals surface area contributed by atoms with Gasteiger partial charge in [-0.2, -0.15) is 0 Å². The van der Waals surface area contributed by atoms with Crippen molar-refractivity contribution in [3.63, 3.8) is 0 Å². The summed E-state index contributed by atoms with van der Waals surface area (Å²) in [6.07, 6.45) is 4.98. The first kappa shape index (κ1) is 9.73. The van der Waals surface area contributed by atoms with Crippen LogP contribution in [0.15, 0.2) is 17.3 Å². The maximum atomic E-state index is 11.3. The summed E-state index contributed by atoms with van der Waals surface area (Å²) >= 11 is 0. The lowest BCUT2D eigenvalue weighted by Gasteiger charge is -2.17. The number of hydrogen-bond donors (Lipinski definition) is 1. The van der Waals surface area contributed by atoms with E-state index < -0.39 is 0 Å². The van der Waals surface area contributed by atoms with Gasteiger partial charge < -0.3 is 10.1 Å². The van der Waals surface area contributed by atoms with Crippen LogP contribution in [0.3, 0.4) is 0 Å². The Morgan fingerprint density at radius 2 is 2.62 bits per heavy atom. The molecule has 72 valence electrons. The molecule has 0 aromatic rings. The molecular weight excluding hydrogens is 170 g/mol. The molecule has 0 saturated carbocycles. The molecule has 0 fully saturated rings. The summed E-state index contributed by atoms with van der Waals surface area (Å²) in [6.45, 7) is 1.61. The lowest BCUT2D eigenvalue weighted by molar-refractivity contribution is 0.191. The number of hydrogen-bond acceptors (Lipinski definition) is 3. The highest BCUT2D eigenvalue weighted by Gasteiger charge is 2.09. The lowest BCUT2D eigenvalue weighted by atomic mass is 10.5. The van der Waals surface area contributed by atoms with Crippen LogP contribution in [-0.4, -0.2) is 44.1 Å². The first-order valence-corrected chi connectivity index (χ1v) is 4.06. The van der Waals surface area contributed by atoms with Crippen molar-refractivity contribution in [2.45, 2.75) is 0 Å². The summed E-state index contributed by atoms with van der Waals surface area (Å²) in [4.78, 5) is 16.6. The number of ether oxygens (including phenoxy) is 1. The Balaban J connectivity index is 2.23. The van der Waals surface area contributed by atoms with Gasteiger partial charge in [0.1, 0.15) is 0 Å². The highest BCUT2D eigenvalue weighted by molar-refractivity contribution is 5.87. The molecule has 0 spiro atoms. The van der Waals surface area contributed by atoms with Gasteiger partial charge in [-0.25, -0.2) is 9.79 Å². The van der Waals surface area contributed by atoms with Crippen LogP contribution < -0.4 is 5.32 Å². The summed E-state index contributed by atoms with van der Waals surface area (Å²) in [7, 11) is 1.59. The summed E-state index contributed by atoms with van der Waals surface area (Å²) in [5, 5.41) is 2.69. The number of rotatable bonds is 3. The third-order valence-corrected chi connectivity index (χ3v) is 1.54. The molecule has 0 aromatic heterocycles. The van der Waals surface area contributed by atoms with Gasteiger partial charge in [0.15, 0.2) is 0 Å². The second-order valence-corrected chi connectivity index (χ2v) is 2.53. The van der Waals surface area contributed by atoms with E-state index in [1.807, 2.05) is 6.08 Å². The van der Waals surface area contributed by atoms with Crippen molar-refractivity contribution < 1.29 is 9.53 Å². The van der Waals surface area contributed by atoms with Gasteiger partial charge in [0.25, 0.3) is 0 Å². The zero-order valence-electron chi connectivity index (χ0n) is 7.56. The Morgan fingerprint density at radius 3 is 3.23 bits per heavy atom. The first-order chi connectivity index (χ1) is 6.34. The fraction of sp³-hybridized carbons (Fsp3) is 0.500. The molecule has 0 atom stereocenters. The predicted octanol–water partition coefficient (Wildman–Crippen LogP) is 0.200. The van der Waals surface area contributed by atoms with Gasteiger partial charge in [-0.1, -0.05) is 0 Å². The number of nitrogens with zero attached hydrogens (tertiary/aromatic N) is 2.